The van der Waals surface area contributed by atoms with Gasteiger partial charge < -0.3 is 15.0 Å². The van der Waals surface area contributed by atoms with Crippen molar-refractivity contribution in [2.45, 2.75) is 32.2 Å². The third kappa shape index (κ3) is 3.71. The van der Waals surface area contributed by atoms with E-state index in [0.717, 1.165) is 38.3 Å². The zero-order chi connectivity index (χ0) is 13.7. The Balaban J connectivity index is 1.95. The van der Waals surface area contributed by atoms with Crippen molar-refractivity contribution < 1.29 is 4.74 Å². The van der Waals surface area contributed by atoms with Crippen molar-refractivity contribution in [2.75, 3.05) is 33.8 Å². The van der Waals surface area contributed by atoms with E-state index in [2.05, 4.69) is 49.4 Å². The summed E-state index contributed by atoms with van der Waals surface area (Å²) in [6.45, 7) is 5.08. The fraction of sp³-hybridized carbons (Fsp3) is 0.625. The smallest absolute Gasteiger partial charge is 0.122 e. The van der Waals surface area contributed by atoms with E-state index in [0.29, 0.717) is 6.04 Å². The molecule has 0 radical (unpaired) electrons. The molecule has 0 aliphatic heterocycles. The first-order valence-corrected chi connectivity index (χ1v) is 7.35. The van der Waals surface area contributed by atoms with Crippen LogP contribution in [0.5, 0.6) is 5.75 Å². The first kappa shape index (κ1) is 14.4. The van der Waals surface area contributed by atoms with Crippen molar-refractivity contribution in [3.63, 3.8) is 0 Å². The van der Waals surface area contributed by atoms with Crippen LogP contribution in [0.15, 0.2) is 18.2 Å². The van der Waals surface area contributed by atoms with Crippen molar-refractivity contribution in [3.8, 4) is 5.75 Å². The molecule has 1 N–H and O–H groups in total. The molecule has 0 amide bonds. The van der Waals surface area contributed by atoms with Gasteiger partial charge in [-0.15, -0.1) is 0 Å². The van der Waals surface area contributed by atoms with Crippen LogP contribution in [-0.4, -0.2) is 38.7 Å². The third-order valence-electron chi connectivity index (χ3n) is 3.69. The second-order valence-electron chi connectivity index (χ2n) is 5.48. The molecule has 0 aromatic heterocycles. The predicted molar refractivity (Wildman–Crippen MR) is 79.8 cm³/mol. The molecule has 3 nitrogen and oxygen atoms in total. The van der Waals surface area contributed by atoms with Crippen LogP contribution in [-0.2, 0) is 6.42 Å². The molecular formula is C16H26N2O. The van der Waals surface area contributed by atoms with Crippen molar-refractivity contribution in [2.24, 2.45) is 0 Å². The fourth-order valence-electron chi connectivity index (χ4n) is 2.78. The Morgan fingerprint density at radius 1 is 1.37 bits per heavy atom. The number of nitrogens with zero attached hydrogens (tertiary/aromatic N) is 1. The minimum absolute atomic E-state index is 0.519. The van der Waals surface area contributed by atoms with Crippen LogP contribution in [0.3, 0.4) is 0 Å². The van der Waals surface area contributed by atoms with E-state index in [4.69, 9.17) is 4.74 Å². The van der Waals surface area contributed by atoms with E-state index < -0.39 is 0 Å². The maximum atomic E-state index is 5.97. The standard InChI is InChI=1S/C16H26N2O/c1-4-17-15-10-9-14-13(15)7-5-8-16(14)19-12-6-11-18(2)3/h5,7-8,15,17H,4,6,9-12H2,1-3H3. The molecule has 2 rings (SSSR count). The molecule has 19 heavy (non-hydrogen) atoms. The number of hydrogen-bond donors (Lipinski definition) is 1. The quantitative estimate of drug-likeness (QED) is 0.765. The first-order valence-electron chi connectivity index (χ1n) is 7.35. The van der Waals surface area contributed by atoms with E-state index in [9.17, 15) is 0 Å². The molecule has 0 heterocycles. The van der Waals surface area contributed by atoms with Gasteiger partial charge in [0.25, 0.3) is 0 Å². The van der Waals surface area contributed by atoms with Gasteiger partial charge in [0.2, 0.25) is 0 Å². The number of nitrogens with one attached hydrogen (secondary N) is 1. The molecule has 1 atom stereocenters. The average molecular weight is 262 g/mol. The maximum absolute atomic E-state index is 5.97. The molecule has 1 aromatic rings. The summed E-state index contributed by atoms with van der Waals surface area (Å²) < 4.78 is 5.97. The second kappa shape index (κ2) is 6.92. The van der Waals surface area contributed by atoms with Gasteiger partial charge in [-0.1, -0.05) is 19.1 Å². The molecule has 0 bridgehead atoms. The molecule has 1 aliphatic carbocycles. The monoisotopic (exact) mass is 262 g/mol. The number of ether oxygens (including phenoxy) is 1. The molecule has 3 heteroatoms. The molecular weight excluding hydrogens is 236 g/mol. The molecule has 1 aromatic carbocycles. The molecule has 0 spiro atoms. The lowest BCUT2D eigenvalue weighted by Gasteiger charge is -2.15. The largest absolute Gasteiger partial charge is 0.493 e. The lowest BCUT2D eigenvalue weighted by molar-refractivity contribution is 0.279. The van der Waals surface area contributed by atoms with E-state index in [1.165, 1.54) is 17.5 Å². The van der Waals surface area contributed by atoms with Crippen molar-refractivity contribution >= 4 is 0 Å². The van der Waals surface area contributed by atoms with E-state index in [-0.39, 0.29) is 0 Å². The van der Waals surface area contributed by atoms with Gasteiger partial charge in [-0.2, -0.15) is 0 Å². The molecule has 0 fully saturated rings. The van der Waals surface area contributed by atoms with Gasteiger partial charge >= 0.3 is 0 Å². The van der Waals surface area contributed by atoms with Gasteiger partial charge in [0, 0.05) is 12.6 Å². The fourth-order valence-corrected chi connectivity index (χ4v) is 2.78. The Kier molecular flexibility index (Phi) is 5.23. The van der Waals surface area contributed by atoms with Gasteiger partial charge in [0.15, 0.2) is 0 Å². The zero-order valence-corrected chi connectivity index (χ0v) is 12.4. The summed E-state index contributed by atoms with van der Waals surface area (Å²) >= 11 is 0. The molecule has 1 aliphatic rings. The number of benzene rings is 1. The van der Waals surface area contributed by atoms with Gasteiger partial charge in [0.05, 0.1) is 6.61 Å². The first-order chi connectivity index (χ1) is 9.22. The summed E-state index contributed by atoms with van der Waals surface area (Å²) in [6.07, 6.45) is 3.41. The Bertz CT molecular complexity index is 404. The maximum Gasteiger partial charge on any atom is 0.122 e. The summed E-state index contributed by atoms with van der Waals surface area (Å²) in [7, 11) is 4.20. The van der Waals surface area contributed by atoms with Crippen LogP contribution in [0.25, 0.3) is 0 Å². The Morgan fingerprint density at radius 2 is 2.21 bits per heavy atom. The van der Waals surface area contributed by atoms with Gasteiger partial charge in [-0.3, -0.25) is 0 Å². The minimum atomic E-state index is 0.519. The van der Waals surface area contributed by atoms with Crippen LogP contribution in [0.4, 0.5) is 0 Å². The highest BCUT2D eigenvalue weighted by atomic mass is 16.5. The van der Waals surface area contributed by atoms with Crippen molar-refractivity contribution in [1.29, 1.82) is 0 Å². The van der Waals surface area contributed by atoms with Crippen LogP contribution < -0.4 is 10.1 Å². The molecule has 0 saturated carbocycles. The second-order valence-corrected chi connectivity index (χ2v) is 5.48. The normalized spacial score (nSPS) is 17.8. The number of rotatable bonds is 7. The number of hydrogen-bond acceptors (Lipinski definition) is 3. The zero-order valence-electron chi connectivity index (χ0n) is 12.4. The minimum Gasteiger partial charge on any atom is -0.493 e. The third-order valence-corrected chi connectivity index (χ3v) is 3.69. The Morgan fingerprint density at radius 3 is 2.95 bits per heavy atom. The number of fused-ring (bicyclic) bond motifs is 1. The van der Waals surface area contributed by atoms with Gasteiger partial charge in [-0.05, 0) is 57.1 Å². The Hall–Kier alpha value is -1.06. The predicted octanol–water partition coefficient (Wildman–Crippen LogP) is 2.61. The van der Waals surface area contributed by atoms with Gasteiger partial charge in [0.1, 0.15) is 5.75 Å². The SMILES string of the molecule is CCNC1CCc2c(OCCCN(C)C)cccc21. The lowest BCUT2D eigenvalue weighted by atomic mass is 10.1. The molecule has 106 valence electrons. The van der Waals surface area contributed by atoms with Crippen molar-refractivity contribution in [3.05, 3.63) is 29.3 Å². The van der Waals surface area contributed by atoms with Crippen LogP contribution in [0.1, 0.15) is 36.9 Å². The van der Waals surface area contributed by atoms with Crippen molar-refractivity contribution in [1.82, 2.24) is 10.2 Å². The summed E-state index contributed by atoms with van der Waals surface area (Å²) in [5, 5.41) is 3.55. The van der Waals surface area contributed by atoms with E-state index in [1.807, 2.05) is 0 Å². The summed E-state index contributed by atoms with van der Waals surface area (Å²) in [5.74, 6) is 1.09. The van der Waals surface area contributed by atoms with Crippen LogP contribution in [0.2, 0.25) is 0 Å². The highest BCUT2D eigenvalue weighted by molar-refractivity contribution is 5.45. The highest BCUT2D eigenvalue weighted by Crippen LogP contribution is 2.36. The topological polar surface area (TPSA) is 24.5 Å². The van der Waals surface area contributed by atoms with Gasteiger partial charge in [-0.25, -0.2) is 0 Å². The summed E-state index contributed by atoms with van der Waals surface area (Å²) in [5.41, 5.74) is 2.85. The van der Waals surface area contributed by atoms with Crippen LogP contribution >= 0.6 is 0 Å². The molecule has 0 saturated heterocycles. The Labute approximate surface area is 116 Å². The molecule has 1 unspecified atom stereocenters. The summed E-state index contributed by atoms with van der Waals surface area (Å²) in [4.78, 5) is 2.19. The van der Waals surface area contributed by atoms with E-state index in [1.54, 1.807) is 0 Å². The van der Waals surface area contributed by atoms with E-state index >= 15 is 0 Å². The summed E-state index contributed by atoms with van der Waals surface area (Å²) in [6, 6.07) is 6.99. The lowest BCUT2D eigenvalue weighted by Crippen LogP contribution is -2.18. The average Bonchev–Trinajstić information content (AvgIpc) is 2.79. The highest BCUT2D eigenvalue weighted by Gasteiger charge is 2.24. The van der Waals surface area contributed by atoms with Crippen LogP contribution in [0, 0.1) is 0 Å².